The van der Waals surface area contributed by atoms with Crippen molar-refractivity contribution < 1.29 is 17.9 Å². The first-order valence-electron chi connectivity index (χ1n) is 7.71. The molecule has 1 spiro atoms. The average molecular weight is 333 g/mol. The molecule has 0 saturated carbocycles. The van der Waals surface area contributed by atoms with Crippen LogP contribution in [0.1, 0.15) is 19.3 Å². The summed E-state index contributed by atoms with van der Waals surface area (Å²) in [6.07, 6.45) is 3.23. The smallest absolute Gasteiger partial charge is 0.222 e. The second-order valence-corrected chi connectivity index (χ2v) is 8.35. The third-order valence-corrected chi connectivity index (χ3v) is 6.25. The molecular weight excluding hydrogens is 306 g/mol. The average Bonchev–Trinajstić information content (AvgIpc) is 2.60. The van der Waals surface area contributed by atoms with Gasteiger partial charge in [-0.25, -0.2) is 8.42 Å². The van der Waals surface area contributed by atoms with E-state index < -0.39 is 10.0 Å². The molecule has 2 saturated heterocycles. The van der Waals surface area contributed by atoms with Crippen molar-refractivity contribution in [1.29, 1.82) is 0 Å². The van der Waals surface area contributed by atoms with Crippen molar-refractivity contribution in [2.45, 2.75) is 24.8 Å². The Labute approximate surface area is 133 Å². The molecule has 2 aliphatic heterocycles. The molecule has 7 nitrogen and oxygen atoms in total. The van der Waals surface area contributed by atoms with Crippen LogP contribution in [0.2, 0.25) is 0 Å². The van der Waals surface area contributed by atoms with Gasteiger partial charge in [-0.15, -0.1) is 0 Å². The van der Waals surface area contributed by atoms with Crippen LogP contribution in [0.3, 0.4) is 0 Å². The van der Waals surface area contributed by atoms with Crippen LogP contribution in [0.25, 0.3) is 0 Å². The first kappa shape index (κ1) is 17.7. The van der Waals surface area contributed by atoms with Crippen LogP contribution in [0.4, 0.5) is 0 Å². The summed E-state index contributed by atoms with van der Waals surface area (Å²) in [5.41, 5.74) is -0.237. The second-order valence-electron chi connectivity index (χ2n) is 6.37. The van der Waals surface area contributed by atoms with E-state index in [0.717, 1.165) is 6.42 Å². The second kappa shape index (κ2) is 6.82. The maximum Gasteiger partial charge on any atom is 0.222 e. The Morgan fingerprint density at radius 2 is 1.95 bits per heavy atom. The molecular formula is C14H27N3O4S. The van der Waals surface area contributed by atoms with Crippen molar-refractivity contribution in [2.75, 3.05) is 59.7 Å². The standard InChI is InChI=1S/C14H27N3O4S/c1-15-8-9-17(22(3,19)20)12-14(15)5-4-13(18)16(7-6-14)10-11-21-2/h4-12H2,1-3H3/t14-/m1/s1. The third-order valence-electron chi connectivity index (χ3n) is 5.00. The summed E-state index contributed by atoms with van der Waals surface area (Å²) in [6.45, 7) is 3.50. The lowest BCUT2D eigenvalue weighted by Gasteiger charge is -2.48. The summed E-state index contributed by atoms with van der Waals surface area (Å²) >= 11 is 0. The predicted octanol–water partition coefficient (Wildman–Crippen LogP) is -0.409. The molecule has 0 aromatic rings. The number of carbonyl (C=O) groups excluding carboxylic acids is 1. The molecule has 0 unspecified atom stereocenters. The number of hydrogen-bond acceptors (Lipinski definition) is 5. The Hall–Kier alpha value is -0.700. The van der Waals surface area contributed by atoms with E-state index in [9.17, 15) is 13.2 Å². The van der Waals surface area contributed by atoms with Gasteiger partial charge in [-0.05, 0) is 19.9 Å². The molecule has 0 radical (unpaired) electrons. The van der Waals surface area contributed by atoms with E-state index in [4.69, 9.17) is 4.74 Å². The fraction of sp³-hybridized carbons (Fsp3) is 0.929. The Kier molecular flexibility index (Phi) is 5.47. The minimum absolute atomic E-state index is 0.138. The van der Waals surface area contributed by atoms with Gasteiger partial charge < -0.3 is 9.64 Å². The highest BCUT2D eigenvalue weighted by Crippen LogP contribution is 2.32. The highest BCUT2D eigenvalue weighted by molar-refractivity contribution is 7.88. The summed E-state index contributed by atoms with van der Waals surface area (Å²) in [5, 5.41) is 0. The molecule has 1 amide bonds. The maximum absolute atomic E-state index is 12.3. The number of likely N-dealkylation sites (tertiary alicyclic amines) is 1. The monoisotopic (exact) mass is 333 g/mol. The summed E-state index contributed by atoms with van der Waals surface area (Å²) in [4.78, 5) is 16.3. The van der Waals surface area contributed by atoms with Gasteiger partial charge in [0.05, 0.1) is 12.9 Å². The van der Waals surface area contributed by atoms with Crippen LogP contribution in [-0.2, 0) is 19.6 Å². The molecule has 0 aromatic heterocycles. The number of ether oxygens (including phenoxy) is 1. The summed E-state index contributed by atoms with van der Waals surface area (Å²) < 4.78 is 30.4. The quantitative estimate of drug-likeness (QED) is 0.700. The van der Waals surface area contributed by atoms with E-state index in [0.29, 0.717) is 52.2 Å². The van der Waals surface area contributed by atoms with E-state index in [1.54, 1.807) is 11.4 Å². The van der Waals surface area contributed by atoms with Gasteiger partial charge in [0.15, 0.2) is 0 Å². The summed E-state index contributed by atoms with van der Waals surface area (Å²) in [5.74, 6) is 0.138. The van der Waals surface area contributed by atoms with Gasteiger partial charge in [0.1, 0.15) is 0 Å². The van der Waals surface area contributed by atoms with Gasteiger partial charge >= 0.3 is 0 Å². The van der Waals surface area contributed by atoms with Crippen molar-refractivity contribution in [3.8, 4) is 0 Å². The molecule has 128 valence electrons. The number of methoxy groups -OCH3 is 1. The van der Waals surface area contributed by atoms with Crippen molar-refractivity contribution in [1.82, 2.24) is 14.1 Å². The zero-order chi connectivity index (χ0) is 16.4. The minimum Gasteiger partial charge on any atom is -0.383 e. The largest absolute Gasteiger partial charge is 0.383 e. The van der Waals surface area contributed by atoms with E-state index in [1.807, 2.05) is 11.9 Å². The fourth-order valence-electron chi connectivity index (χ4n) is 3.38. The Balaban J connectivity index is 2.13. The fourth-order valence-corrected chi connectivity index (χ4v) is 4.27. The molecule has 2 fully saturated rings. The molecule has 2 aliphatic rings. The molecule has 0 aromatic carbocycles. The first-order valence-corrected chi connectivity index (χ1v) is 9.56. The van der Waals surface area contributed by atoms with Crippen molar-refractivity contribution in [3.63, 3.8) is 0 Å². The molecule has 0 aliphatic carbocycles. The van der Waals surface area contributed by atoms with Crippen LogP contribution in [0.15, 0.2) is 0 Å². The molecule has 0 bridgehead atoms. The van der Waals surface area contributed by atoms with Crippen LogP contribution in [0, 0.1) is 0 Å². The number of sulfonamides is 1. The van der Waals surface area contributed by atoms with E-state index in [1.165, 1.54) is 6.26 Å². The Morgan fingerprint density at radius 3 is 2.59 bits per heavy atom. The summed E-state index contributed by atoms with van der Waals surface area (Å²) in [6, 6.07) is 0. The SMILES string of the molecule is COCCN1CC[C@]2(CCC1=O)CN(S(C)(=O)=O)CCN2C. The van der Waals surface area contributed by atoms with Gasteiger partial charge in [-0.1, -0.05) is 0 Å². The molecule has 0 N–H and O–H groups in total. The van der Waals surface area contributed by atoms with Crippen LogP contribution >= 0.6 is 0 Å². The number of hydrogen-bond donors (Lipinski definition) is 0. The molecule has 1 atom stereocenters. The van der Waals surface area contributed by atoms with Gasteiger partial charge in [-0.2, -0.15) is 4.31 Å². The Morgan fingerprint density at radius 1 is 1.23 bits per heavy atom. The number of amides is 1. The Bertz CT molecular complexity index is 510. The van der Waals surface area contributed by atoms with Gasteiger partial charge in [0.25, 0.3) is 0 Å². The lowest BCUT2D eigenvalue weighted by molar-refractivity contribution is -0.131. The van der Waals surface area contributed by atoms with Crippen molar-refractivity contribution in [2.24, 2.45) is 0 Å². The van der Waals surface area contributed by atoms with Crippen LogP contribution in [-0.4, -0.2) is 93.7 Å². The van der Waals surface area contributed by atoms with Gasteiger partial charge in [0, 0.05) is 51.8 Å². The predicted molar refractivity (Wildman–Crippen MR) is 84.1 cm³/mol. The lowest BCUT2D eigenvalue weighted by atomic mass is 9.87. The third kappa shape index (κ3) is 3.79. The molecule has 22 heavy (non-hydrogen) atoms. The van der Waals surface area contributed by atoms with Crippen LogP contribution in [0.5, 0.6) is 0 Å². The number of piperazine rings is 1. The highest BCUT2D eigenvalue weighted by atomic mass is 32.2. The molecule has 2 rings (SSSR count). The zero-order valence-corrected chi connectivity index (χ0v) is 14.6. The van der Waals surface area contributed by atoms with E-state index in [-0.39, 0.29) is 11.4 Å². The number of likely N-dealkylation sites (N-methyl/N-ethyl adjacent to an activating group) is 1. The first-order chi connectivity index (χ1) is 10.3. The number of carbonyl (C=O) groups is 1. The van der Waals surface area contributed by atoms with Gasteiger partial charge in [0.2, 0.25) is 15.9 Å². The zero-order valence-electron chi connectivity index (χ0n) is 13.7. The number of nitrogens with zero attached hydrogens (tertiary/aromatic N) is 3. The van der Waals surface area contributed by atoms with Crippen molar-refractivity contribution in [3.05, 3.63) is 0 Å². The molecule has 2 heterocycles. The van der Waals surface area contributed by atoms with E-state index >= 15 is 0 Å². The number of rotatable bonds is 4. The summed E-state index contributed by atoms with van der Waals surface area (Å²) in [7, 11) is 0.475. The van der Waals surface area contributed by atoms with Crippen LogP contribution < -0.4 is 0 Å². The minimum atomic E-state index is -3.19. The van der Waals surface area contributed by atoms with E-state index in [2.05, 4.69) is 4.90 Å². The maximum atomic E-state index is 12.3. The highest BCUT2D eigenvalue weighted by Gasteiger charge is 2.44. The van der Waals surface area contributed by atoms with Gasteiger partial charge in [-0.3, -0.25) is 9.69 Å². The van der Waals surface area contributed by atoms with Crippen molar-refractivity contribution >= 4 is 15.9 Å². The normalized spacial score (nSPS) is 29.0. The molecule has 8 heteroatoms. The topological polar surface area (TPSA) is 70.2 Å². The lowest BCUT2D eigenvalue weighted by Crippen LogP contribution is -2.62.